The predicted octanol–water partition coefficient (Wildman–Crippen LogP) is 6.57. The lowest BCUT2D eigenvalue weighted by Gasteiger charge is -2.26. The molecule has 0 N–H and O–H groups in total. The molecule has 0 aliphatic carbocycles. The van der Waals surface area contributed by atoms with Crippen LogP contribution in [0, 0.1) is 0 Å². The molecule has 1 fully saturated rings. The van der Waals surface area contributed by atoms with E-state index in [1.165, 1.54) is 32.4 Å². The Labute approximate surface area is 204 Å². The molecule has 34 heavy (non-hydrogen) atoms. The molecular weight excluding hydrogens is 446 g/mol. The fourth-order valence-electron chi connectivity index (χ4n) is 4.69. The van der Waals surface area contributed by atoms with Crippen molar-refractivity contribution in [2.45, 2.75) is 25.7 Å². The maximum atomic E-state index is 13.0. The first-order chi connectivity index (χ1) is 16.7. The highest BCUT2D eigenvalue weighted by Gasteiger charge is 2.17. The number of likely N-dealkylation sites (tertiary alicyclic amines) is 1. The molecule has 4 aromatic rings. The highest BCUT2D eigenvalue weighted by molar-refractivity contribution is 6.30. The van der Waals surface area contributed by atoms with Crippen LogP contribution in [0.5, 0.6) is 5.75 Å². The first kappa shape index (κ1) is 22.7. The van der Waals surface area contributed by atoms with E-state index in [4.69, 9.17) is 20.8 Å². The van der Waals surface area contributed by atoms with Crippen LogP contribution in [0.1, 0.15) is 30.4 Å². The number of ether oxygens (including phenoxy) is 1. The zero-order valence-corrected chi connectivity index (χ0v) is 19.9. The largest absolute Gasteiger partial charge is 0.492 e. The predicted molar refractivity (Wildman–Crippen MR) is 138 cm³/mol. The van der Waals surface area contributed by atoms with Crippen LogP contribution >= 0.6 is 11.6 Å². The molecular formula is C29H28ClNO3. The van der Waals surface area contributed by atoms with E-state index < -0.39 is 0 Å². The minimum Gasteiger partial charge on any atom is -0.492 e. The highest BCUT2D eigenvalue weighted by atomic mass is 35.5. The number of fused-ring (bicyclic) bond motifs is 1. The Morgan fingerprint density at radius 3 is 2.38 bits per heavy atom. The van der Waals surface area contributed by atoms with Crippen molar-refractivity contribution in [1.82, 2.24) is 4.90 Å². The summed E-state index contributed by atoms with van der Waals surface area (Å²) in [5.74, 6) is 0.871. The summed E-state index contributed by atoms with van der Waals surface area (Å²) in [7, 11) is 0. The van der Waals surface area contributed by atoms with Crippen LogP contribution in [0.15, 0.2) is 82.0 Å². The van der Waals surface area contributed by atoms with Crippen molar-refractivity contribution < 1.29 is 9.15 Å². The van der Waals surface area contributed by atoms with Crippen LogP contribution in [0.25, 0.3) is 22.1 Å². The van der Waals surface area contributed by atoms with E-state index in [1.54, 1.807) is 12.1 Å². The van der Waals surface area contributed by atoms with Gasteiger partial charge in [0.25, 0.3) is 0 Å². The summed E-state index contributed by atoms with van der Waals surface area (Å²) in [5, 5.41) is 1.57. The lowest BCUT2D eigenvalue weighted by atomic mass is 9.93. The number of halogens is 1. The molecule has 0 atom stereocenters. The number of para-hydroxylation sites is 1. The Balaban J connectivity index is 1.39. The number of hydrogen-bond acceptors (Lipinski definition) is 4. The third-order valence-corrected chi connectivity index (χ3v) is 6.73. The van der Waals surface area contributed by atoms with Crippen molar-refractivity contribution in [2.24, 2.45) is 0 Å². The summed E-state index contributed by atoms with van der Waals surface area (Å²) in [5.41, 5.74) is 3.70. The molecule has 1 aliphatic heterocycles. The number of piperidine rings is 1. The third-order valence-electron chi connectivity index (χ3n) is 6.48. The Morgan fingerprint density at radius 2 is 1.62 bits per heavy atom. The minimum atomic E-state index is -0.339. The quantitative estimate of drug-likeness (QED) is 0.285. The van der Waals surface area contributed by atoms with E-state index in [0.29, 0.717) is 29.2 Å². The van der Waals surface area contributed by atoms with Crippen molar-refractivity contribution in [3.05, 3.63) is 99.4 Å². The molecule has 2 heterocycles. The van der Waals surface area contributed by atoms with Crippen LogP contribution in [-0.2, 0) is 6.42 Å². The van der Waals surface area contributed by atoms with E-state index >= 15 is 0 Å². The van der Waals surface area contributed by atoms with Gasteiger partial charge < -0.3 is 9.15 Å². The Kier molecular flexibility index (Phi) is 6.98. The maximum Gasteiger partial charge on any atom is 0.344 e. The topological polar surface area (TPSA) is 42.7 Å². The van der Waals surface area contributed by atoms with E-state index in [9.17, 15) is 4.79 Å². The van der Waals surface area contributed by atoms with Crippen LogP contribution < -0.4 is 10.4 Å². The van der Waals surface area contributed by atoms with Crippen molar-refractivity contribution in [1.29, 1.82) is 0 Å². The fraction of sp³-hybridized carbons (Fsp3) is 0.276. The second-order valence-corrected chi connectivity index (χ2v) is 9.25. The van der Waals surface area contributed by atoms with E-state index in [1.807, 2.05) is 48.5 Å². The number of nitrogens with zero attached hydrogens (tertiary/aromatic N) is 1. The van der Waals surface area contributed by atoms with Crippen molar-refractivity contribution in [2.75, 3.05) is 26.2 Å². The summed E-state index contributed by atoms with van der Waals surface area (Å²) in [6, 6.07) is 23.2. The van der Waals surface area contributed by atoms with Gasteiger partial charge in [-0.3, -0.25) is 4.90 Å². The van der Waals surface area contributed by atoms with Gasteiger partial charge in [0.05, 0.1) is 5.56 Å². The van der Waals surface area contributed by atoms with Crippen molar-refractivity contribution >= 4 is 22.6 Å². The Morgan fingerprint density at radius 1 is 0.882 bits per heavy atom. The Bertz CT molecular complexity index is 1310. The van der Waals surface area contributed by atoms with Gasteiger partial charge in [0, 0.05) is 17.0 Å². The standard InChI is InChI=1S/C29H28ClNO3/c30-23-12-10-22(11-13-23)28-26(25-6-2-3-7-27(25)34-29(28)32)20-21-8-14-24(15-9-21)33-19-18-31-16-4-1-5-17-31/h2-3,6-15H,1,4-5,16-20H2. The summed E-state index contributed by atoms with van der Waals surface area (Å²) in [6.07, 6.45) is 4.54. The molecule has 0 saturated carbocycles. The van der Waals surface area contributed by atoms with Gasteiger partial charge in [0.2, 0.25) is 0 Å². The molecule has 4 nitrogen and oxygen atoms in total. The van der Waals surface area contributed by atoms with Crippen molar-refractivity contribution in [3.8, 4) is 16.9 Å². The third kappa shape index (κ3) is 5.19. The lowest BCUT2D eigenvalue weighted by Crippen LogP contribution is -2.33. The zero-order valence-electron chi connectivity index (χ0n) is 19.1. The van der Waals surface area contributed by atoms with Gasteiger partial charge in [0.1, 0.15) is 17.9 Å². The summed E-state index contributed by atoms with van der Waals surface area (Å²) < 4.78 is 11.6. The number of hydrogen-bond donors (Lipinski definition) is 0. The molecule has 3 aromatic carbocycles. The first-order valence-corrected chi connectivity index (χ1v) is 12.3. The second kappa shape index (κ2) is 10.5. The second-order valence-electron chi connectivity index (χ2n) is 8.82. The van der Waals surface area contributed by atoms with Crippen LogP contribution in [0.4, 0.5) is 0 Å². The van der Waals surface area contributed by atoms with Gasteiger partial charge in [-0.1, -0.05) is 60.5 Å². The van der Waals surface area contributed by atoms with Gasteiger partial charge in [0.15, 0.2) is 0 Å². The molecule has 0 bridgehead atoms. The van der Waals surface area contributed by atoms with Crippen molar-refractivity contribution in [3.63, 3.8) is 0 Å². The summed E-state index contributed by atoms with van der Waals surface area (Å²) in [6.45, 7) is 4.02. The molecule has 174 valence electrons. The van der Waals surface area contributed by atoms with Gasteiger partial charge in [-0.25, -0.2) is 4.79 Å². The smallest absolute Gasteiger partial charge is 0.344 e. The SMILES string of the molecule is O=c1oc2ccccc2c(Cc2ccc(OCCN3CCCCC3)cc2)c1-c1ccc(Cl)cc1. The van der Waals surface area contributed by atoms with Gasteiger partial charge in [-0.15, -0.1) is 0 Å². The minimum absolute atomic E-state index is 0.339. The normalized spacial score (nSPS) is 14.4. The molecule has 0 spiro atoms. The highest BCUT2D eigenvalue weighted by Crippen LogP contribution is 2.30. The first-order valence-electron chi connectivity index (χ1n) is 11.9. The van der Waals surface area contributed by atoms with E-state index in [-0.39, 0.29) is 5.63 Å². The molecule has 0 radical (unpaired) electrons. The fourth-order valence-corrected chi connectivity index (χ4v) is 4.82. The Hall–Kier alpha value is -3.08. The average Bonchev–Trinajstić information content (AvgIpc) is 2.87. The maximum absolute atomic E-state index is 13.0. The average molecular weight is 474 g/mol. The molecule has 1 aromatic heterocycles. The summed E-state index contributed by atoms with van der Waals surface area (Å²) >= 11 is 6.08. The molecule has 5 heteroatoms. The monoisotopic (exact) mass is 473 g/mol. The molecule has 0 unspecified atom stereocenters. The van der Waals surface area contributed by atoms with Crippen LogP contribution in [-0.4, -0.2) is 31.1 Å². The summed E-state index contributed by atoms with van der Waals surface area (Å²) in [4.78, 5) is 15.5. The van der Waals surface area contributed by atoms with Gasteiger partial charge in [-0.05, 0) is 79.4 Å². The zero-order chi connectivity index (χ0) is 23.3. The lowest BCUT2D eigenvalue weighted by molar-refractivity contribution is 0.183. The molecule has 5 rings (SSSR count). The van der Waals surface area contributed by atoms with E-state index in [0.717, 1.165) is 34.4 Å². The molecule has 0 amide bonds. The molecule has 1 aliphatic rings. The van der Waals surface area contributed by atoms with Crippen LogP contribution in [0.2, 0.25) is 5.02 Å². The number of benzene rings is 3. The van der Waals surface area contributed by atoms with Gasteiger partial charge in [-0.2, -0.15) is 0 Å². The van der Waals surface area contributed by atoms with E-state index in [2.05, 4.69) is 17.0 Å². The number of rotatable bonds is 7. The van der Waals surface area contributed by atoms with Gasteiger partial charge >= 0.3 is 5.63 Å². The molecule has 1 saturated heterocycles. The van der Waals surface area contributed by atoms with Crippen LogP contribution in [0.3, 0.4) is 0 Å².